The van der Waals surface area contributed by atoms with E-state index in [0.29, 0.717) is 0 Å². The first kappa shape index (κ1) is 13.5. The molecule has 0 aliphatic heterocycles. The van der Waals surface area contributed by atoms with E-state index in [4.69, 9.17) is 5.73 Å². The molecule has 5 nitrogen and oxygen atoms in total. The highest BCUT2D eigenvalue weighted by molar-refractivity contribution is 5.45. The van der Waals surface area contributed by atoms with Crippen molar-refractivity contribution in [1.82, 2.24) is 20.1 Å². The van der Waals surface area contributed by atoms with Crippen LogP contribution in [0, 0.1) is 0 Å². The van der Waals surface area contributed by atoms with E-state index in [1.54, 1.807) is 6.20 Å². The number of hydrogen-bond acceptors (Lipinski definition) is 4. The number of nitrogens with one attached hydrogen (secondary N) is 1. The standard InChI is InChI=1S/C14H21N5/c1-3-6-17-14(13-5-8-19(2)18-13)9-11-10-16-7-4-12(11)15/h4-5,7-8,10,14,17H,3,6,9H2,1-2H3,(H2,15,16). The maximum atomic E-state index is 5.99. The molecule has 0 radical (unpaired) electrons. The maximum Gasteiger partial charge on any atom is 0.0797 e. The summed E-state index contributed by atoms with van der Waals surface area (Å²) < 4.78 is 1.82. The average molecular weight is 259 g/mol. The van der Waals surface area contributed by atoms with Gasteiger partial charge in [-0.05, 0) is 37.1 Å². The van der Waals surface area contributed by atoms with Gasteiger partial charge in [0.15, 0.2) is 0 Å². The van der Waals surface area contributed by atoms with Crippen molar-refractivity contribution in [2.24, 2.45) is 7.05 Å². The fourth-order valence-corrected chi connectivity index (χ4v) is 2.05. The van der Waals surface area contributed by atoms with Crippen LogP contribution >= 0.6 is 0 Å². The molecule has 0 amide bonds. The van der Waals surface area contributed by atoms with Crippen LogP contribution in [-0.2, 0) is 13.5 Å². The predicted octanol–water partition coefficient (Wildman–Crippen LogP) is 1.68. The van der Waals surface area contributed by atoms with Crippen molar-refractivity contribution in [2.45, 2.75) is 25.8 Å². The van der Waals surface area contributed by atoms with Gasteiger partial charge in [-0.15, -0.1) is 0 Å². The first-order valence-electron chi connectivity index (χ1n) is 6.62. The van der Waals surface area contributed by atoms with Gasteiger partial charge in [-0.2, -0.15) is 5.10 Å². The number of hydrogen-bond donors (Lipinski definition) is 2. The SMILES string of the molecule is CCCNC(Cc1cnccc1N)c1ccn(C)n1. The summed E-state index contributed by atoms with van der Waals surface area (Å²) in [5.74, 6) is 0. The van der Waals surface area contributed by atoms with Crippen LogP contribution in [0.1, 0.15) is 30.6 Å². The lowest BCUT2D eigenvalue weighted by Gasteiger charge is -2.17. The van der Waals surface area contributed by atoms with E-state index in [1.807, 2.05) is 36.3 Å². The first-order valence-corrected chi connectivity index (χ1v) is 6.62. The Balaban J connectivity index is 2.16. The lowest BCUT2D eigenvalue weighted by atomic mass is 10.0. The van der Waals surface area contributed by atoms with Crippen molar-refractivity contribution in [3.8, 4) is 0 Å². The van der Waals surface area contributed by atoms with Crippen LogP contribution in [0.2, 0.25) is 0 Å². The Bertz CT molecular complexity index is 520. The predicted molar refractivity (Wildman–Crippen MR) is 76.6 cm³/mol. The Morgan fingerprint density at radius 3 is 2.89 bits per heavy atom. The van der Waals surface area contributed by atoms with E-state index in [1.165, 1.54) is 0 Å². The molecule has 1 atom stereocenters. The molecule has 0 fully saturated rings. The molecule has 102 valence electrons. The van der Waals surface area contributed by atoms with Gasteiger partial charge in [0, 0.05) is 31.3 Å². The highest BCUT2D eigenvalue weighted by Gasteiger charge is 2.15. The summed E-state index contributed by atoms with van der Waals surface area (Å²) in [7, 11) is 1.93. The summed E-state index contributed by atoms with van der Waals surface area (Å²) >= 11 is 0. The number of aromatic nitrogens is 3. The van der Waals surface area contributed by atoms with Crippen molar-refractivity contribution >= 4 is 5.69 Å². The monoisotopic (exact) mass is 259 g/mol. The van der Waals surface area contributed by atoms with Crippen LogP contribution in [-0.4, -0.2) is 21.3 Å². The number of rotatable bonds is 6. The Labute approximate surface area is 113 Å². The molecule has 1 unspecified atom stereocenters. The zero-order chi connectivity index (χ0) is 13.7. The Hall–Kier alpha value is -1.88. The van der Waals surface area contributed by atoms with Gasteiger partial charge in [0.05, 0.1) is 11.7 Å². The minimum atomic E-state index is 0.174. The fraction of sp³-hybridized carbons (Fsp3) is 0.429. The Morgan fingerprint density at radius 2 is 2.26 bits per heavy atom. The van der Waals surface area contributed by atoms with Crippen LogP contribution in [0.3, 0.4) is 0 Å². The molecule has 5 heteroatoms. The summed E-state index contributed by atoms with van der Waals surface area (Å²) in [6.45, 7) is 3.11. The van der Waals surface area contributed by atoms with Crippen molar-refractivity contribution in [2.75, 3.05) is 12.3 Å². The van der Waals surface area contributed by atoms with Crippen LogP contribution in [0.15, 0.2) is 30.7 Å². The fourth-order valence-electron chi connectivity index (χ4n) is 2.05. The molecule has 0 saturated carbocycles. The lowest BCUT2D eigenvalue weighted by molar-refractivity contribution is 0.511. The van der Waals surface area contributed by atoms with Gasteiger partial charge in [-0.3, -0.25) is 9.67 Å². The lowest BCUT2D eigenvalue weighted by Crippen LogP contribution is -2.25. The van der Waals surface area contributed by atoms with Gasteiger partial charge in [0.2, 0.25) is 0 Å². The van der Waals surface area contributed by atoms with Crippen molar-refractivity contribution < 1.29 is 0 Å². The molecule has 19 heavy (non-hydrogen) atoms. The summed E-state index contributed by atoms with van der Waals surface area (Å²) in [5.41, 5.74) is 8.87. The second kappa shape index (κ2) is 6.33. The van der Waals surface area contributed by atoms with E-state index in [0.717, 1.165) is 36.3 Å². The Kier molecular flexibility index (Phi) is 4.52. The molecular weight excluding hydrogens is 238 g/mol. The molecule has 0 aliphatic carbocycles. The van der Waals surface area contributed by atoms with Crippen LogP contribution < -0.4 is 11.1 Å². The smallest absolute Gasteiger partial charge is 0.0797 e. The van der Waals surface area contributed by atoms with Gasteiger partial charge in [-0.1, -0.05) is 6.92 Å². The number of pyridine rings is 1. The Morgan fingerprint density at radius 1 is 1.42 bits per heavy atom. The van der Waals surface area contributed by atoms with Gasteiger partial charge in [0.25, 0.3) is 0 Å². The molecule has 2 heterocycles. The largest absolute Gasteiger partial charge is 0.398 e. The quantitative estimate of drug-likeness (QED) is 0.828. The summed E-state index contributed by atoms with van der Waals surface area (Å²) in [5, 5.41) is 8.00. The van der Waals surface area contributed by atoms with E-state index < -0.39 is 0 Å². The highest BCUT2D eigenvalue weighted by Crippen LogP contribution is 2.20. The van der Waals surface area contributed by atoms with Crippen molar-refractivity contribution in [3.05, 3.63) is 42.0 Å². The van der Waals surface area contributed by atoms with E-state index in [9.17, 15) is 0 Å². The summed E-state index contributed by atoms with van der Waals surface area (Å²) in [6.07, 6.45) is 7.40. The zero-order valence-corrected chi connectivity index (χ0v) is 11.5. The molecular formula is C14H21N5. The minimum absolute atomic E-state index is 0.174. The molecule has 0 bridgehead atoms. The molecule has 3 N–H and O–H groups in total. The summed E-state index contributed by atoms with van der Waals surface area (Å²) in [4.78, 5) is 4.14. The van der Waals surface area contributed by atoms with Crippen molar-refractivity contribution in [3.63, 3.8) is 0 Å². The minimum Gasteiger partial charge on any atom is -0.398 e. The second-order valence-electron chi connectivity index (χ2n) is 4.70. The molecule has 0 spiro atoms. The number of nitrogen functional groups attached to an aromatic ring is 1. The van der Waals surface area contributed by atoms with Gasteiger partial charge in [-0.25, -0.2) is 0 Å². The zero-order valence-electron chi connectivity index (χ0n) is 11.5. The number of aryl methyl sites for hydroxylation is 1. The van der Waals surface area contributed by atoms with Crippen LogP contribution in [0.4, 0.5) is 5.69 Å². The average Bonchev–Trinajstić information content (AvgIpc) is 2.83. The number of nitrogens with zero attached hydrogens (tertiary/aromatic N) is 3. The third kappa shape index (κ3) is 3.54. The van der Waals surface area contributed by atoms with Crippen LogP contribution in [0.5, 0.6) is 0 Å². The molecule has 2 rings (SSSR count). The summed E-state index contributed by atoms with van der Waals surface area (Å²) in [6, 6.07) is 4.05. The third-order valence-corrected chi connectivity index (χ3v) is 3.10. The molecule has 2 aromatic rings. The van der Waals surface area contributed by atoms with Gasteiger partial charge in [0.1, 0.15) is 0 Å². The first-order chi connectivity index (χ1) is 9.20. The van der Waals surface area contributed by atoms with Gasteiger partial charge < -0.3 is 11.1 Å². The van der Waals surface area contributed by atoms with E-state index >= 15 is 0 Å². The second-order valence-corrected chi connectivity index (χ2v) is 4.70. The van der Waals surface area contributed by atoms with Crippen molar-refractivity contribution in [1.29, 1.82) is 0 Å². The van der Waals surface area contributed by atoms with Crippen LogP contribution in [0.25, 0.3) is 0 Å². The normalized spacial score (nSPS) is 12.5. The molecule has 0 aliphatic rings. The molecule has 2 aromatic heterocycles. The number of nitrogens with two attached hydrogens (primary N) is 1. The number of anilines is 1. The third-order valence-electron chi connectivity index (χ3n) is 3.10. The molecule has 0 saturated heterocycles. The van der Waals surface area contributed by atoms with E-state index in [2.05, 4.69) is 22.3 Å². The van der Waals surface area contributed by atoms with Gasteiger partial charge >= 0.3 is 0 Å². The van der Waals surface area contributed by atoms with E-state index in [-0.39, 0.29) is 6.04 Å². The maximum absolute atomic E-state index is 5.99. The topological polar surface area (TPSA) is 68.8 Å². The molecule has 0 aromatic carbocycles. The highest BCUT2D eigenvalue weighted by atomic mass is 15.3.